The van der Waals surface area contributed by atoms with Gasteiger partial charge in [-0.15, -0.1) is 5.10 Å². The van der Waals surface area contributed by atoms with Crippen molar-refractivity contribution in [2.24, 2.45) is 0 Å². The van der Waals surface area contributed by atoms with Crippen molar-refractivity contribution in [1.82, 2.24) is 30.1 Å². The SMILES string of the molecule is COc1ccccc1N1CCN([C@H](c2cc3cc(C)c(C)cc3[nH]c2=O)c2nnnn2CCc2ccccc2)CC1. The van der Waals surface area contributed by atoms with Crippen molar-refractivity contribution in [3.63, 3.8) is 0 Å². The lowest BCUT2D eigenvalue weighted by Crippen LogP contribution is -2.49. The highest BCUT2D eigenvalue weighted by Crippen LogP contribution is 2.32. The van der Waals surface area contributed by atoms with Gasteiger partial charge in [0.05, 0.1) is 12.8 Å². The van der Waals surface area contributed by atoms with Crippen molar-refractivity contribution in [1.29, 1.82) is 0 Å². The smallest absolute Gasteiger partial charge is 0.253 e. The molecule has 1 saturated heterocycles. The van der Waals surface area contributed by atoms with E-state index in [4.69, 9.17) is 4.74 Å². The number of pyridine rings is 1. The minimum atomic E-state index is -0.393. The van der Waals surface area contributed by atoms with E-state index in [-0.39, 0.29) is 5.56 Å². The second-order valence-corrected chi connectivity index (χ2v) is 10.7. The summed E-state index contributed by atoms with van der Waals surface area (Å²) in [6.45, 7) is 7.81. The summed E-state index contributed by atoms with van der Waals surface area (Å²) in [5.41, 5.74) is 6.00. The minimum Gasteiger partial charge on any atom is -0.495 e. The molecule has 5 aromatic rings. The molecule has 0 unspecified atom stereocenters. The number of para-hydroxylation sites is 2. The average Bonchev–Trinajstić information content (AvgIpc) is 3.46. The molecule has 41 heavy (non-hydrogen) atoms. The molecule has 0 aliphatic carbocycles. The molecule has 1 fully saturated rings. The van der Waals surface area contributed by atoms with Crippen LogP contribution >= 0.6 is 0 Å². The second-order valence-electron chi connectivity index (χ2n) is 10.7. The van der Waals surface area contributed by atoms with Crippen molar-refractivity contribution < 1.29 is 4.74 Å². The Morgan fingerprint density at radius 2 is 1.66 bits per heavy atom. The molecule has 3 heterocycles. The lowest BCUT2D eigenvalue weighted by atomic mass is 10.00. The van der Waals surface area contributed by atoms with Gasteiger partial charge in [-0.3, -0.25) is 9.69 Å². The molecular formula is C32H35N7O2. The van der Waals surface area contributed by atoms with Crippen molar-refractivity contribution in [3.05, 3.63) is 111 Å². The van der Waals surface area contributed by atoms with Gasteiger partial charge in [0.2, 0.25) is 0 Å². The van der Waals surface area contributed by atoms with Crippen LogP contribution in [0, 0.1) is 13.8 Å². The van der Waals surface area contributed by atoms with Gasteiger partial charge in [-0.05, 0) is 83.1 Å². The number of hydrogen-bond donors (Lipinski definition) is 1. The summed E-state index contributed by atoms with van der Waals surface area (Å²) in [6, 6.07) is 24.2. The number of methoxy groups -OCH3 is 1. The fourth-order valence-corrected chi connectivity index (χ4v) is 5.75. The number of nitrogens with one attached hydrogen (secondary N) is 1. The van der Waals surface area contributed by atoms with Gasteiger partial charge in [0.15, 0.2) is 5.82 Å². The van der Waals surface area contributed by atoms with Crippen LogP contribution in [-0.4, -0.2) is 63.4 Å². The normalized spacial score (nSPS) is 14.9. The van der Waals surface area contributed by atoms with E-state index in [0.717, 1.165) is 60.5 Å². The van der Waals surface area contributed by atoms with Crippen LogP contribution in [0.3, 0.4) is 0 Å². The molecule has 0 bridgehead atoms. The molecule has 9 nitrogen and oxygen atoms in total. The highest BCUT2D eigenvalue weighted by Gasteiger charge is 2.33. The Labute approximate surface area is 239 Å². The number of tetrazole rings is 1. The number of fused-ring (bicyclic) bond motifs is 1. The van der Waals surface area contributed by atoms with E-state index >= 15 is 0 Å². The van der Waals surface area contributed by atoms with Crippen LogP contribution in [0.5, 0.6) is 5.75 Å². The van der Waals surface area contributed by atoms with Crippen LogP contribution in [0.4, 0.5) is 5.69 Å². The number of aromatic nitrogens is 5. The van der Waals surface area contributed by atoms with Crippen molar-refractivity contribution >= 4 is 16.6 Å². The van der Waals surface area contributed by atoms with E-state index < -0.39 is 6.04 Å². The summed E-state index contributed by atoms with van der Waals surface area (Å²) in [7, 11) is 1.70. The van der Waals surface area contributed by atoms with Crippen LogP contribution in [0.2, 0.25) is 0 Å². The Bertz CT molecular complexity index is 1700. The Kier molecular flexibility index (Phi) is 7.52. The standard InChI is InChI=1S/C32H35N7O2/c1-22-19-25-21-26(32(40)33-27(25)20-23(22)2)30(31-34-35-36-39(31)14-13-24-9-5-4-6-10-24)38-17-15-37(16-18-38)28-11-7-8-12-29(28)41-3/h4-12,19-21,30H,13-18H2,1-3H3,(H,33,40)/t30-/m1/s1. The lowest BCUT2D eigenvalue weighted by molar-refractivity contribution is 0.199. The number of ether oxygens (including phenoxy) is 1. The maximum absolute atomic E-state index is 13.7. The number of benzene rings is 3. The third kappa shape index (κ3) is 5.45. The zero-order valence-electron chi connectivity index (χ0n) is 23.7. The van der Waals surface area contributed by atoms with E-state index in [1.807, 2.05) is 53.2 Å². The van der Waals surface area contributed by atoms with Gasteiger partial charge in [0.25, 0.3) is 5.56 Å². The topological polar surface area (TPSA) is 92.2 Å². The molecule has 9 heteroatoms. The molecule has 1 aliphatic rings. The molecule has 0 amide bonds. The average molecular weight is 550 g/mol. The van der Waals surface area contributed by atoms with Gasteiger partial charge >= 0.3 is 0 Å². The van der Waals surface area contributed by atoms with Crippen LogP contribution in [-0.2, 0) is 13.0 Å². The molecule has 1 N–H and O–H groups in total. The minimum absolute atomic E-state index is 0.115. The molecule has 0 spiro atoms. The first-order valence-corrected chi connectivity index (χ1v) is 14.1. The quantitative estimate of drug-likeness (QED) is 0.309. The molecule has 6 rings (SSSR count). The van der Waals surface area contributed by atoms with Gasteiger partial charge in [0.1, 0.15) is 11.8 Å². The maximum Gasteiger partial charge on any atom is 0.253 e. The maximum atomic E-state index is 13.7. The van der Waals surface area contributed by atoms with E-state index in [1.54, 1.807) is 7.11 Å². The predicted molar refractivity (Wildman–Crippen MR) is 161 cm³/mol. The number of aryl methyl sites for hydroxylation is 4. The molecular weight excluding hydrogens is 514 g/mol. The van der Waals surface area contributed by atoms with Crippen molar-refractivity contribution in [2.45, 2.75) is 32.9 Å². The first-order chi connectivity index (χ1) is 20.0. The summed E-state index contributed by atoms with van der Waals surface area (Å²) in [5.74, 6) is 1.54. The van der Waals surface area contributed by atoms with Crippen LogP contribution in [0.15, 0.2) is 77.6 Å². The van der Waals surface area contributed by atoms with Crippen molar-refractivity contribution in [3.8, 4) is 5.75 Å². The van der Waals surface area contributed by atoms with Crippen LogP contribution in [0.25, 0.3) is 10.9 Å². The fourth-order valence-electron chi connectivity index (χ4n) is 5.75. The summed E-state index contributed by atoms with van der Waals surface area (Å²) in [5, 5.41) is 14.0. The first-order valence-electron chi connectivity index (χ1n) is 14.1. The van der Waals surface area contributed by atoms with Gasteiger partial charge in [-0.2, -0.15) is 0 Å². The zero-order chi connectivity index (χ0) is 28.3. The summed E-state index contributed by atoms with van der Waals surface area (Å²) < 4.78 is 7.48. The molecule has 1 atom stereocenters. The molecule has 2 aromatic heterocycles. The number of piperazine rings is 1. The number of anilines is 1. The number of hydrogen-bond acceptors (Lipinski definition) is 7. The predicted octanol–water partition coefficient (Wildman–Crippen LogP) is 4.29. The van der Waals surface area contributed by atoms with Gasteiger partial charge in [-0.25, -0.2) is 4.68 Å². The summed E-state index contributed by atoms with van der Waals surface area (Å²) in [6.07, 6.45) is 0.791. The van der Waals surface area contributed by atoms with Crippen LogP contribution < -0.4 is 15.2 Å². The fraction of sp³-hybridized carbons (Fsp3) is 0.312. The third-order valence-electron chi connectivity index (χ3n) is 8.15. The number of nitrogens with zero attached hydrogens (tertiary/aromatic N) is 6. The molecule has 210 valence electrons. The lowest BCUT2D eigenvalue weighted by Gasteiger charge is -2.40. The Morgan fingerprint density at radius 3 is 2.44 bits per heavy atom. The second kappa shape index (κ2) is 11.5. The highest BCUT2D eigenvalue weighted by molar-refractivity contribution is 5.81. The molecule has 1 aliphatic heterocycles. The summed E-state index contributed by atoms with van der Waals surface area (Å²) >= 11 is 0. The highest BCUT2D eigenvalue weighted by atomic mass is 16.5. The van der Waals surface area contributed by atoms with Crippen LogP contribution in [0.1, 0.15) is 34.1 Å². The third-order valence-corrected chi connectivity index (χ3v) is 8.15. The van der Waals surface area contributed by atoms with E-state index in [1.165, 1.54) is 11.1 Å². The zero-order valence-corrected chi connectivity index (χ0v) is 23.7. The van der Waals surface area contributed by atoms with E-state index in [9.17, 15) is 4.79 Å². The Hall–Kier alpha value is -4.50. The number of H-pyrrole nitrogens is 1. The number of rotatable bonds is 8. The summed E-state index contributed by atoms with van der Waals surface area (Å²) in [4.78, 5) is 21.5. The molecule has 0 radical (unpaired) electrons. The molecule has 3 aromatic carbocycles. The van der Waals surface area contributed by atoms with Gasteiger partial charge < -0.3 is 14.6 Å². The molecule has 0 saturated carbocycles. The number of aromatic amines is 1. The van der Waals surface area contributed by atoms with Gasteiger partial charge in [0, 0.05) is 43.8 Å². The van der Waals surface area contributed by atoms with Crippen molar-refractivity contribution in [2.75, 3.05) is 38.2 Å². The monoisotopic (exact) mass is 549 g/mol. The largest absolute Gasteiger partial charge is 0.495 e. The van der Waals surface area contributed by atoms with E-state index in [2.05, 4.69) is 68.4 Å². The first kappa shape index (κ1) is 26.7. The van der Waals surface area contributed by atoms with Gasteiger partial charge in [-0.1, -0.05) is 42.5 Å². The Morgan fingerprint density at radius 1 is 0.927 bits per heavy atom. The van der Waals surface area contributed by atoms with E-state index in [0.29, 0.717) is 17.9 Å². The Balaban J connectivity index is 1.36.